The average Bonchev–Trinajstić information content (AvgIpc) is 3.94. The maximum atomic E-state index is 5.65. The molecule has 0 unspecified atom stereocenters. The lowest BCUT2D eigenvalue weighted by molar-refractivity contribution is 0.747. The summed E-state index contributed by atoms with van der Waals surface area (Å²) in [5.41, 5.74) is 9.93. The number of amidine groups is 2. The molecule has 0 aliphatic heterocycles. The van der Waals surface area contributed by atoms with Crippen LogP contribution in [0.3, 0.4) is 0 Å². The fourth-order valence-electron chi connectivity index (χ4n) is 8.40. The molecule has 10 rings (SSSR count). The molecule has 268 valence electrons. The highest BCUT2D eigenvalue weighted by molar-refractivity contribution is 6.19. The van der Waals surface area contributed by atoms with Crippen molar-refractivity contribution in [1.29, 1.82) is 0 Å². The van der Waals surface area contributed by atoms with Crippen LogP contribution in [0.2, 0.25) is 0 Å². The summed E-state index contributed by atoms with van der Waals surface area (Å²) in [4.78, 5) is 11.2. The summed E-state index contributed by atoms with van der Waals surface area (Å²) in [6.45, 7) is 2.14. The standard InChI is InChI=1S/C51H39N5/c1-51(33-17-18-34-51)54-50(53-49(52-2)36-21-7-4-8-22-36)48-46(56-43-29-15-11-25-39(43)40-26-12-16-30-44(40)56)32-31-45(47(48)35-19-5-3-6-20-35)55-41-27-13-9-23-37(41)38-24-10-14-28-42(38)55/h3-34H,1-2H3,(H,52,53,54). The molecule has 2 aromatic heterocycles. The summed E-state index contributed by atoms with van der Waals surface area (Å²) in [5, 5.41) is 8.24. The third-order valence-electron chi connectivity index (χ3n) is 10.9. The normalized spacial score (nSPS) is 14.1. The fourth-order valence-corrected chi connectivity index (χ4v) is 8.40. The summed E-state index contributed by atoms with van der Waals surface area (Å²) in [6, 6.07) is 60.4. The first-order valence-corrected chi connectivity index (χ1v) is 19.1. The molecular formula is C51H39N5. The summed E-state index contributed by atoms with van der Waals surface area (Å²) >= 11 is 0. The summed E-state index contributed by atoms with van der Waals surface area (Å²) in [6.07, 6.45) is 8.43. The third kappa shape index (κ3) is 5.47. The van der Waals surface area contributed by atoms with Gasteiger partial charge in [-0.05, 0) is 48.9 Å². The number of aliphatic imine (C=N–C) groups is 2. The highest BCUT2D eigenvalue weighted by atomic mass is 15.1. The number of benzene rings is 7. The zero-order valence-corrected chi connectivity index (χ0v) is 31.3. The first-order valence-electron chi connectivity index (χ1n) is 19.1. The number of para-hydroxylation sites is 4. The third-order valence-corrected chi connectivity index (χ3v) is 10.9. The Bertz CT molecular complexity index is 2950. The number of fused-ring (bicyclic) bond motifs is 6. The van der Waals surface area contributed by atoms with Crippen molar-refractivity contribution in [2.75, 3.05) is 7.05 Å². The molecule has 2 heterocycles. The molecule has 9 aromatic rings. The van der Waals surface area contributed by atoms with Crippen molar-refractivity contribution in [3.8, 4) is 22.5 Å². The van der Waals surface area contributed by atoms with Crippen LogP contribution in [0.5, 0.6) is 0 Å². The minimum absolute atomic E-state index is 0.621. The Hall–Kier alpha value is -7.24. The second-order valence-electron chi connectivity index (χ2n) is 14.4. The van der Waals surface area contributed by atoms with Gasteiger partial charge in [-0.2, -0.15) is 0 Å². The van der Waals surface area contributed by atoms with Crippen molar-refractivity contribution in [3.63, 3.8) is 0 Å². The molecule has 0 saturated heterocycles. The first kappa shape index (κ1) is 33.3. The van der Waals surface area contributed by atoms with Crippen molar-refractivity contribution in [2.24, 2.45) is 9.98 Å². The smallest absolute Gasteiger partial charge is 0.161 e. The van der Waals surface area contributed by atoms with Crippen LogP contribution >= 0.6 is 0 Å². The van der Waals surface area contributed by atoms with Crippen LogP contribution in [0.1, 0.15) is 18.1 Å². The van der Waals surface area contributed by atoms with Gasteiger partial charge in [-0.3, -0.25) is 4.99 Å². The van der Waals surface area contributed by atoms with E-state index in [2.05, 4.69) is 197 Å². The number of aromatic nitrogens is 2. The van der Waals surface area contributed by atoms with Gasteiger partial charge in [0.15, 0.2) is 5.84 Å². The predicted molar refractivity (Wildman–Crippen MR) is 236 cm³/mol. The number of allylic oxidation sites excluding steroid dienone is 2. The topological polar surface area (TPSA) is 46.6 Å². The lowest BCUT2D eigenvalue weighted by Gasteiger charge is -2.24. The van der Waals surface area contributed by atoms with E-state index in [9.17, 15) is 0 Å². The minimum Gasteiger partial charge on any atom is -0.373 e. The van der Waals surface area contributed by atoms with Gasteiger partial charge in [0.25, 0.3) is 0 Å². The van der Waals surface area contributed by atoms with Gasteiger partial charge in [0.05, 0.1) is 44.5 Å². The molecule has 1 aliphatic rings. The molecule has 0 spiro atoms. The van der Waals surface area contributed by atoms with E-state index >= 15 is 0 Å². The Kier molecular flexibility index (Phi) is 8.07. The van der Waals surface area contributed by atoms with Gasteiger partial charge in [0.1, 0.15) is 5.84 Å². The van der Waals surface area contributed by atoms with Gasteiger partial charge < -0.3 is 14.5 Å². The maximum Gasteiger partial charge on any atom is 0.161 e. The molecule has 0 bridgehead atoms. The van der Waals surface area contributed by atoms with Crippen LogP contribution < -0.4 is 5.32 Å². The molecule has 7 aromatic carbocycles. The quantitative estimate of drug-likeness (QED) is 0.135. The Morgan fingerprint density at radius 2 is 0.929 bits per heavy atom. The molecule has 0 fully saturated rings. The molecule has 0 atom stereocenters. The second kappa shape index (κ2) is 13.6. The SMILES string of the molecule is CNC(=NC(=NC1(C)C=CC=C1)c1c(-n2c3ccccc3c3ccccc32)ccc(-n2c3ccccc3c3ccccc32)c1-c1ccccc1)c1ccccc1. The number of nitrogens with zero attached hydrogens (tertiary/aromatic N) is 4. The monoisotopic (exact) mass is 721 g/mol. The van der Waals surface area contributed by atoms with Gasteiger partial charge in [-0.1, -0.05) is 158 Å². The molecule has 56 heavy (non-hydrogen) atoms. The maximum absolute atomic E-state index is 5.65. The lowest BCUT2D eigenvalue weighted by Crippen LogP contribution is -2.24. The van der Waals surface area contributed by atoms with Crippen molar-refractivity contribution >= 4 is 55.3 Å². The Balaban J connectivity index is 1.43. The summed E-state index contributed by atoms with van der Waals surface area (Å²) < 4.78 is 4.82. The highest BCUT2D eigenvalue weighted by Crippen LogP contribution is 2.43. The van der Waals surface area contributed by atoms with Gasteiger partial charge in [-0.15, -0.1) is 0 Å². The van der Waals surface area contributed by atoms with Crippen molar-refractivity contribution < 1.29 is 0 Å². The van der Waals surface area contributed by atoms with Crippen molar-refractivity contribution in [3.05, 3.63) is 205 Å². The highest BCUT2D eigenvalue weighted by Gasteiger charge is 2.29. The van der Waals surface area contributed by atoms with E-state index in [4.69, 9.17) is 9.98 Å². The van der Waals surface area contributed by atoms with Crippen LogP contribution in [-0.2, 0) is 0 Å². The van der Waals surface area contributed by atoms with Gasteiger partial charge >= 0.3 is 0 Å². The number of hydrogen-bond donors (Lipinski definition) is 1. The molecular weight excluding hydrogens is 683 g/mol. The van der Waals surface area contributed by atoms with E-state index in [0.717, 1.165) is 61.5 Å². The second-order valence-corrected chi connectivity index (χ2v) is 14.4. The summed E-state index contributed by atoms with van der Waals surface area (Å²) in [5.74, 6) is 1.35. The Labute approximate surface area is 325 Å². The van der Waals surface area contributed by atoms with Gasteiger partial charge in [-0.25, -0.2) is 4.99 Å². The zero-order chi connectivity index (χ0) is 37.6. The number of rotatable bonds is 6. The fraction of sp³-hybridized carbons (Fsp3) is 0.0588. The minimum atomic E-state index is -0.622. The molecule has 1 aliphatic carbocycles. The van der Waals surface area contributed by atoms with Crippen LogP contribution in [0, 0.1) is 0 Å². The van der Waals surface area contributed by atoms with Crippen LogP contribution in [0.15, 0.2) is 204 Å². The lowest BCUT2D eigenvalue weighted by atomic mass is 9.93. The molecule has 5 nitrogen and oxygen atoms in total. The van der Waals surface area contributed by atoms with E-state index in [1.807, 2.05) is 25.2 Å². The van der Waals surface area contributed by atoms with E-state index < -0.39 is 5.54 Å². The zero-order valence-electron chi connectivity index (χ0n) is 31.3. The van der Waals surface area contributed by atoms with E-state index in [1.165, 1.54) is 21.5 Å². The molecule has 0 amide bonds. The molecule has 5 heteroatoms. The largest absolute Gasteiger partial charge is 0.373 e. The first-order chi connectivity index (χ1) is 27.6. The van der Waals surface area contributed by atoms with Gasteiger partial charge in [0.2, 0.25) is 0 Å². The Morgan fingerprint density at radius 3 is 1.43 bits per heavy atom. The van der Waals surface area contributed by atoms with Crippen molar-refractivity contribution in [2.45, 2.75) is 12.5 Å². The average molecular weight is 722 g/mol. The predicted octanol–water partition coefficient (Wildman–Crippen LogP) is 11.8. The Morgan fingerprint density at radius 1 is 0.500 bits per heavy atom. The van der Waals surface area contributed by atoms with Crippen LogP contribution in [-0.4, -0.2) is 33.4 Å². The number of hydrogen-bond acceptors (Lipinski definition) is 1. The van der Waals surface area contributed by atoms with Gasteiger partial charge in [0, 0.05) is 39.7 Å². The van der Waals surface area contributed by atoms with E-state index in [-0.39, 0.29) is 0 Å². The molecule has 0 saturated carbocycles. The number of nitrogens with one attached hydrogen (secondary N) is 1. The van der Waals surface area contributed by atoms with E-state index in [0.29, 0.717) is 5.84 Å². The van der Waals surface area contributed by atoms with E-state index in [1.54, 1.807) is 0 Å². The molecule has 0 radical (unpaired) electrons. The van der Waals surface area contributed by atoms with Crippen LogP contribution in [0.4, 0.5) is 0 Å². The van der Waals surface area contributed by atoms with Crippen molar-refractivity contribution in [1.82, 2.24) is 14.5 Å². The van der Waals surface area contributed by atoms with Crippen LogP contribution in [0.25, 0.3) is 66.1 Å². The molecule has 1 N–H and O–H groups in total. The summed E-state index contributed by atoms with van der Waals surface area (Å²) in [7, 11) is 1.93.